The maximum atomic E-state index is 13.6. The van der Waals surface area contributed by atoms with Crippen LogP contribution in [0, 0.1) is 28.6 Å². The Morgan fingerprint density at radius 2 is 1.94 bits per heavy atom. The number of fused-ring (bicyclic) bond motifs is 5. The second-order valence-electron chi connectivity index (χ2n) is 10.8. The molecule has 0 aliphatic heterocycles. The van der Waals surface area contributed by atoms with E-state index in [1.165, 1.54) is 0 Å². The third-order valence-corrected chi connectivity index (χ3v) is 9.07. The monoisotopic (exact) mass is 493 g/mol. The zero-order valence-corrected chi connectivity index (χ0v) is 20.8. The Bertz CT molecular complexity index is 944. The summed E-state index contributed by atoms with van der Waals surface area (Å²) in [6, 6.07) is 0. The third kappa shape index (κ3) is 4.10. The Hall–Kier alpha value is -1.83. The second-order valence-corrected chi connectivity index (χ2v) is 10.8. The van der Waals surface area contributed by atoms with Crippen molar-refractivity contribution in [1.29, 1.82) is 0 Å². The van der Waals surface area contributed by atoms with Gasteiger partial charge in [-0.15, -0.1) is 12.4 Å². The van der Waals surface area contributed by atoms with Gasteiger partial charge >= 0.3 is 5.97 Å². The van der Waals surface area contributed by atoms with Crippen molar-refractivity contribution in [2.45, 2.75) is 70.8 Å². The average molecular weight is 494 g/mol. The SMILES string of the molecule is C[C@]12C=CC(=O)C=C1CC[C@@H]1[C@@H]2C(=O)C[C@@]2(C)[C@H]1CC[C@]2(O)C(=O)COC(=O)CCCCN.Cl. The Morgan fingerprint density at radius 3 is 2.65 bits per heavy atom. The molecule has 8 heteroatoms. The highest BCUT2D eigenvalue weighted by Gasteiger charge is 2.68. The standard InChI is InChI=1S/C26H35NO6.ClH/c1-24-10-8-17(28)13-16(24)6-7-18-19-9-11-26(32,25(19,2)14-20(29)23(18)24)21(30)15-33-22(31)5-3-4-12-27;/h8,10,13,18-19,23,32H,3-7,9,11-12,14-15,27H2,1-2H3;1H/t18-,19-,23+,24-,25-,26-;/m0./s1. The van der Waals surface area contributed by atoms with Crippen molar-refractivity contribution in [1.82, 2.24) is 0 Å². The molecule has 34 heavy (non-hydrogen) atoms. The third-order valence-electron chi connectivity index (χ3n) is 9.07. The first-order valence-corrected chi connectivity index (χ1v) is 12.1. The van der Waals surface area contributed by atoms with Crippen molar-refractivity contribution in [2.75, 3.05) is 13.2 Å². The lowest BCUT2D eigenvalue weighted by Gasteiger charge is -2.56. The number of unbranched alkanes of at least 4 members (excludes halogenated alkanes) is 1. The summed E-state index contributed by atoms with van der Waals surface area (Å²) in [7, 11) is 0. The lowest BCUT2D eigenvalue weighted by atomic mass is 9.46. The molecule has 0 bridgehead atoms. The van der Waals surface area contributed by atoms with Gasteiger partial charge in [0.25, 0.3) is 0 Å². The van der Waals surface area contributed by atoms with Crippen LogP contribution in [0.4, 0.5) is 0 Å². The van der Waals surface area contributed by atoms with Crippen LogP contribution in [0.15, 0.2) is 23.8 Å². The lowest BCUT2D eigenvalue weighted by molar-refractivity contribution is -0.172. The van der Waals surface area contributed by atoms with E-state index < -0.39 is 34.8 Å². The van der Waals surface area contributed by atoms with Crippen LogP contribution in [0.1, 0.15) is 65.2 Å². The molecule has 0 radical (unpaired) electrons. The van der Waals surface area contributed by atoms with Gasteiger partial charge in [0.2, 0.25) is 5.78 Å². The molecule has 3 fully saturated rings. The molecule has 0 unspecified atom stereocenters. The number of esters is 1. The maximum absolute atomic E-state index is 13.6. The van der Waals surface area contributed by atoms with Gasteiger partial charge in [-0.05, 0) is 69.1 Å². The Morgan fingerprint density at radius 1 is 1.21 bits per heavy atom. The van der Waals surface area contributed by atoms with Gasteiger partial charge in [0.15, 0.2) is 12.4 Å². The number of halogens is 1. The molecule has 0 spiro atoms. The fourth-order valence-corrected chi connectivity index (χ4v) is 7.24. The van der Waals surface area contributed by atoms with Crippen molar-refractivity contribution >= 4 is 35.7 Å². The van der Waals surface area contributed by atoms with E-state index in [-0.39, 0.29) is 61.0 Å². The van der Waals surface area contributed by atoms with Gasteiger partial charge in [-0.1, -0.05) is 25.5 Å². The van der Waals surface area contributed by atoms with E-state index in [1.807, 2.05) is 19.9 Å². The zero-order chi connectivity index (χ0) is 24.0. The number of hydrogen-bond acceptors (Lipinski definition) is 7. The summed E-state index contributed by atoms with van der Waals surface area (Å²) in [6.07, 6.45) is 9.13. The number of carbonyl (C=O) groups is 4. The summed E-state index contributed by atoms with van der Waals surface area (Å²) in [5.74, 6) is -1.19. The topological polar surface area (TPSA) is 124 Å². The summed E-state index contributed by atoms with van der Waals surface area (Å²) in [5.41, 5.74) is 3.38. The molecule has 0 heterocycles. The number of aliphatic hydroxyl groups is 1. The predicted octanol–water partition coefficient (Wildman–Crippen LogP) is 2.87. The van der Waals surface area contributed by atoms with Gasteiger partial charge < -0.3 is 15.6 Å². The minimum Gasteiger partial charge on any atom is -0.458 e. The normalized spacial score (nSPS) is 38.2. The van der Waals surface area contributed by atoms with Gasteiger partial charge in [-0.2, -0.15) is 0 Å². The van der Waals surface area contributed by atoms with E-state index in [1.54, 1.807) is 12.2 Å². The molecule has 4 aliphatic rings. The number of ether oxygens (including phenoxy) is 1. The fraction of sp³-hybridized carbons (Fsp3) is 0.692. The summed E-state index contributed by atoms with van der Waals surface area (Å²) in [5, 5.41) is 11.6. The van der Waals surface area contributed by atoms with Gasteiger partial charge in [0, 0.05) is 29.6 Å². The number of rotatable bonds is 7. The lowest BCUT2D eigenvalue weighted by Crippen LogP contribution is -2.60. The molecule has 7 nitrogen and oxygen atoms in total. The van der Waals surface area contributed by atoms with Gasteiger partial charge in [-0.25, -0.2) is 0 Å². The first-order valence-electron chi connectivity index (χ1n) is 12.1. The van der Waals surface area contributed by atoms with E-state index >= 15 is 0 Å². The van der Waals surface area contributed by atoms with Crippen LogP contribution in [0.5, 0.6) is 0 Å². The van der Waals surface area contributed by atoms with E-state index in [9.17, 15) is 24.3 Å². The molecular formula is C26H36ClNO6. The predicted molar refractivity (Wildman–Crippen MR) is 128 cm³/mol. The van der Waals surface area contributed by atoms with Crippen LogP contribution in [0.25, 0.3) is 0 Å². The minimum absolute atomic E-state index is 0. The van der Waals surface area contributed by atoms with Crippen molar-refractivity contribution in [2.24, 2.45) is 34.3 Å². The number of allylic oxidation sites excluding steroid dienone is 4. The number of nitrogens with two attached hydrogens (primary N) is 1. The smallest absolute Gasteiger partial charge is 0.306 e. The quantitative estimate of drug-likeness (QED) is 0.412. The number of hydrogen-bond donors (Lipinski definition) is 2. The van der Waals surface area contributed by atoms with Gasteiger partial charge in [0.05, 0.1) is 0 Å². The first kappa shape index (κ1) is 26.8. The molecule has 0 aromatic heterocycles. The summed E-state index contributed by atoms with van der Waals surface area (Å²) in [4.78, 5) is 50.6. The Kier molecular flexibility index (Phi) is 7.61. The number of ketones is 3. The highest BCUT2D eigenvalue weighted by molar-refractivity contribution is 6.02. The average Bonchev–Trinajstić information content (AvgIpc) is 3.03. The highest BCUT2D eigenvalue weighted by atomic mass is 35.5. The molecule has 0 aromatic rings. The molecule has 3 N–H and O–H groups in total. The van der Waals surface area contributed by atoms with E-state index in [0.29, 0.717) is 25.8 Å². The van der Waals surface area contributed by atoms with Crippen LogP contribution in [-0.4, -0.2) is 47.2 Å². The van der Waals surface area contributed by atoms with Crippen molar-refractivity contribution in [3.8, 4) is 0 Å². The van der Waals surface area contributed by atoms with E-state index in [2.05, 4.69) is 0 Å². The molecule has 0 aromatic carbocycles. The van der Waals surface area contributed by atoms with Crippen LogP contribution in [-0.2, 0) is 23.9 Å². The largest absolute Gasteiger partial charge is 0.458 e. The zero-order valence-electron chi connectivity index (χ0n) is 20.0. The highest BCUT2D eigenvalue weighted by Crippen LogP contribution is 2.66. The molecule has 0 amide bonds. The molecule has 4 aliphatic carbocycles. The molecule has 3 saturated carbocycles. The van der Waals surface area contributed by atoms with Crippen molar-refractivity contribution in [3.63, 3.8) is 0 Å². The maximum Gasteiger partial charge on any atom is 0.306 e. The Balaban J connectivity index is 0.00000324. The molecule has 0 saturated heterocycles. The van der Waals surface area contributed by atoms with Crippen molar-refractivity contribution < 1.29 is 29.0 Å². The second kappa shape index (κ2) is 9.67. The fourth-order valence-electron chi connectivity index (χ4n) is 7.24. The number of carbonyl (C=O) groups excluding carboxylic acids is 4. The molecule has 188 valence electrons. The summed E-state index contributed by atoms with van der Waals surface area (Å²) < 4.78 is 5.16. The molecule has 4 rings (SSSR count). The summed E-state index contributed by atoms with van der Waals surface area (Å²) >= 11 is 0. The number of Topliss-reactive ketones (excluding diaryl/α,β-unsaturated/α-hetero) is 2. The van der Waals surface area contributed by atoms with E-state index in [4.69, 9.17) is 10.5 Å². The van der Waals surface area contributed by atoms with Crippen molar-refractivity contribution in [3.05, 3.63) is 23.8 Å². The first-order chi connectivity index (χ1) is 15.6. The van der Waals surface area contributed by atoms with Crippen LogP contribution in [0.3, 0.4) is 0 Å². The van der Waals surface area contributed by atoms with Crippen LogP contribution >= 0.6 is 12.4 Å². The minimum atomic E-state index is -1.69. The van der Waals surface area contributed by atoms with Gasteiger partial charge in [0.1, 0.15) is 11.4 Å². The van der Waals surface area contributed by atoms with Crippen LogP contribution in [0.2, 0.25) is 0 Å². The van der Waals surface area contributed by atoms with E-state index in [0.717, 1.165) is 18.4 Å². The Labute approximate surface area is 207 Å². The van der Waals surface area contributed by atoms with Crippen LogP contribution < -0.4 is 5.73 Å². The summed E-state index contributed by atoms with van der Waals surface area (Å²) in [6.45, 7) is 3.91. The van der Waals surface area contributed by atoms with Gasteiger partial charge in [-0.3, -0.25) is 19.2 Å². The molecule has 6 atom stereocenters. The molecular weight excluding hydrogens is 458 g/mol.